The number of hydrogen-bond acceptors (Lipinski definition) is 4. The van der Waals surface area contributed by atoms with Gasteiger partial charge in [0.25, 0.3) is 0 Å². The number of nitrogens with zero attached hydrogens (tertiary/aromatic N) is 1. The van der Waals surface area contributed by atoms with Crippen molar-refractivity contribution in [1.82, 2.24) is 4.57 Å². The van der Waals surface area contributed by atoms with Crippen LogP contribution in [0.3, 0.4) is 0 Å². The first-order valence-electron chi connectivity index (χ1n) is 6.98. The molecular weight excluding hydrogens is 310 g/mol. The van der Waals surface area contributed by atoms with Crippen LogP contribution in [0.1, 0.15) is 24.2 Å². The second kappa shape index (κ2) is 6.33. The fourth-order valence-electron chi connectivity index (χ4n) is 2.30. The van der Waals surface area contributed by atoms with Crippen molar-refractivity contribution in [3.8, 4) is 0 Å². The topological polar surface area (TPSA) is 91.6 Å². The van der Waals surface area contributed by atoms with Gasteiger partial charge in [0.05, 0.1) is 17.0 Å². The summed E-state index contributed by atoms with van der Waals surface area (Å²) in [6.45, 7) is 3.20. The summed E-state index contributed by atoms with van der Waals surface area (Å²) < 4.78 is 30.0. The number of halogens is 2. The summed E-state index contributed by atoms with van der Waals surface area (Å²) >= 11 is 0. The lowest BCUT2D eigenvalue weighted by molar-refractivity contribution is 0.0694. The minimum Gasteiger partial charge on any atom is -0.477 e. The van der Waals surface area contributed by atoms with E-state index in [0.717, 1.165) is 12.3 Å². The number of carbonyl (C=O) groups is 1. The number of pyridine rings is 1. The van der Waals surface area contributed by atoms with Crippen LogP contribution in [0.15, 0.2) is 17.1 Å². The molecule has 6 nitrogen and oxygen atoms in total. The summed E-state index contributed by atoms with van der Waals surface area (Å²) in [5, 5.41) is 20.4. The Hall–Kier alpha value is -2.48. The maximum Gasteiger partial charge on any atom is 0.341 e. The number of benzene rings is 1. The average Bonchev–Trinajstić information content (AvgIpc) is 2.47. The zero-order chi connectivity index (χ0) is 17.3. The van der Waals surface area contributed by atoms with Crippen LogP contribution in [0.4, 0.5) is 14.5 Å². The lowest BCUT2D eigenvalue weighted by Crippen LogP contribution is -2.21. The number of hydrogen-bond donors (Lipinski definition) is 3. The summed E-state index contributed by atoms with van der Waals surface area (Å²) in [6.07, 6.45) is 0.208. The second-order valence-electron chi connectivity index (χ2n) is 5.14. The molecule has 0 fully saturated rings. The van der Waals surface area contributed by atoms with Gasteiger partial charge in [-0.3, -0.25) is 4.79 Å². The Bertz CT molecular complexity index is 831. The molecular formula is C15H16F2N2O4. The number of anilines is 1. The van der Waals surface area contributed by atoms with Gasteiger partial charge in [-0.2, -0.15) is 0 Å². The van der Waals surface area contributed by atoms with Crippen molar-refractivity contribution in [2.24, 2.45) is 0 Å². The van der Waals surface area contributed by atoms with Crippen LogP contribution in [-0.4, -0.2) is 33.4 Å². The van der Waals surface area contributed by atoms with E-state index >= 15 is 0 Å². The summed E-state index contributed by atoms with van der Waals surface area (Å²) in [5.41, 5.74) is -2.15. The van der Waals surface area contributed by atoms with Crippen LogP contribution in [0.25, 0.3) is 10.9 Å². The number of aryl methyl sites for hydroxylation is 1. The number of rotatable bonds is 5. The van der Waals surface area contributed by atoms with E-state index in [0.29, 0.717) is 0 Å². The van der Waals surface area contributed by atoms with Crippen molar-refractivity contribution in [3.63, 3.8) is 0 Å². The number of nitrogens with one attached hydrogen (secondary N) is 1. The largest absolute Gasteiger partial charge is 0.477 e. The van der Waals surface area contributed by atoms with Crippen LogP contribution in [0, 0.1) is 11.6 Å². The van der Waals surface area contributed by atoms with Gasteiger partial charge >= 0.3 is 5.97 Å². The molecule has 0 amide bonds. The van der Waals surface area contributed by atoms with Crippen molar-refractivity contribution in [1.29, 1.82) is 0 Å². The van der Waals surface area contributed by atoms with E-state index in [9.17, 15) is 23.5 Å². The molecule has 0 radical (unpaired) electrons. The van der Waals surface area contributed by atoms with Crippen molar-refractivity contribution < 1.29 is 23.8 Å². The molecule has 0 aliphatic carbocycles. The first-order valence-corrected chi connectivity index (χ1v) is 6.98. The van der Waals surface area contributed by atoms with E-state index in [1.807, 2.05) is 0 Å². The Morgan fingerprint density at radius 2 is 2.09 bits per heavy atom. The highest BCUT2D eigenvalue weighted by Crippen LogP contribution is 2.27. The normalized spacial score (nSPS) is 12.4. The van der Waals surface area contributed by atoms with Crippen LogP contribution in [0.5, 0.6) is 0 Å². The third kappa shape index (κ3) is 3.02. The highest BCUT2D eigenvalue weighted by Gasteiger charge is 2.21. The van der Waals surface area contributed by atoms with Crippen LogP contribution in [-0.2, 0) is 6.54 Å². The molecule has 1 aromatic carbocycles. The molecule has 3 N–H and O–H groups in total. The summed E-state index contributed by atoms with van der Waals surface area (Å²) in [7, 11) is 0. The molecule has 0 spiro atoms. The van der Waals surface area contributed by atoms with E-state index in [1.54, 1.807) is 6.92 Å². The number of aromatic carboxylic acids is 1. The van der Waals surface area contributed by atoms with Crippen LogP contribution >= 0.6 is 0 Å². The van der Waals surface area contributed by atoms with Gasteiger partial charge in [-0.05, 0) is 19.9 Å². The molecule has 1 heterocycles. The first kappa shape index (κ1) is 16.9. The van der Waals surface area contributed by atoms with Gasteiger partial charge in [0, 0.05) is 19.3 Å². The molecule has 0 unspecified atom stereocenters. The number of fused-ring (bicyclic) bond motifs is 1. The third-order valence-electron chi connectivity index (χ3n) is 3.40. The first-order chi connectivity index (χ1) is 10.8. The molecule has 124 valence electrons. The number of aliphatic hydroxyl groups is 1. The van der Waals surface area contributed by atoms with E-state index in [1.165, 1.54) is 11.5 Å². The Labute approximate surface area is 130 Å². The van der Waals surface area contributed by atoms with Gasteiger partial charge in [-0.25, -0.2) is 13.6 Å². The minimum absolute atomic E-state index is 0.0804. The molecule has 8 heteroatoms. The van der Waals surface area contributed by atoms with Gasteiger partial charge < -0.3 is 20.1 Å². The number of aliphatic hydroxyl groups excluding tert-OH is 1. The van der Waals surface area contributed by atoms with Gasteiger partial charge in [0.15, 0.2) is 5.82 Å². The zero-order valence-electron chi connectivity index (χ0n) is 12.6. The zero-order valence-corrected chi connectivity index (χ0v) is 12.6. The highest BCUT2D eigenvalue weighted by molar-refractivity contribution is 5.93. The van der Waals surface area contributed by atoms with Crippen molar-refractivity contribution in [3.05, 3.63) is 39.7 Å². The van der Waals surface area contributed by atoms with Gasteiger partial charge in [0.1, 0.15) is 17.1 Å². The summed E-state index contributed by atoms with van der Waals surface area (Å²) in [4.78, 5) is 23.2. The molecule has 0 aliphatic heterocycles. The maximum atomic E-state index is 14.6. The average molecular weight is 326 g/mol. The Balaban J connectivity index is 2.81. The Morgan fingerprint density at radius 1 is 1.43 bits per heavy atom. The molecule has 2 aromatic rings. The quantitative estimate of drug-likeness (QED) is 0.779. The minimum atomic E-state index is -1.46. The molecule has 0 aliphatic rings. The van der Waals surface area contributed by atoms with Crippen molar-refractivity contribution >= 4 is 22.6 Å². The van der Waals surface area contributed by atoms with E-state index in [-0.39, 0.29) is 24.0 Å². The molecule has 23 heavy (non-hydrogen) atoms. The maximum absolute atomic E-state index is 14.6. The van der Waals surface area contributed by atoms with Crippen LogP contribution < -0.4 is 10.7 Å². The second-order valence-corrected chi connectivity index (χ2v) is 5.14. The number of aromatic nitrogens is 1. The van der Waals surface area contributed by atoms with E-state index < -0.39 is 40.4 Å². The molecule has 1 atom stereocenters. The molecule has 0 bridgehead atoms. The van der Waals surface area contributed by atoms with Crippen molar-refractivity contribution in [2.45, 2.75) is 26.5 Å². The Morgan fingerprint density at radius 3 is 2.61 bits per heavy atom. The number of carboxylic acid groups (broad SMARTS) is 1. The fraction of sp³-hybridized carbons (Fsp3) is 0.333. The smallest absolute Gasteiger partial charge is 0.341 e. The monoisotopic (exact) mass is 326 g/mol. The van der Waals surface area contributed by atoms with Gasteiger partial charge in [0.2, 0.25) is 5.43 Å². The number of carboxylic acids is 1. The molecule has 1 aromatic heterocycles. The SMILES string of the molecule is CCn1cc(C(=O)O)c(=O)c2cc(F)c(NC[C@@H](C)O)c(F)c21. The fourth-order valence-corrected chi connectivity index (χ4v) is 2.30. The van der Waals surface area contributed by atoms with Crippen LogP contribution in [0.2, 0.25) is 0 Å². The molecule has 0 saturated heterocycles. The van der Waals surface area contributed by atoms with Gasteiger partial charge in [-0.1, -0.05) is 0 Å². The van der Waals surface area contributed by atoms with Crippen molar-refractivity contribution in [2.75, 3.05) is 11.9 Å². The third-order valence-corrected chi connectivity index (χ3v) is 3.40. The highest BCUT2D eigenvalue weighted by atomic mass is 19.1. The van der Waals surface area contributed by atoms with E-state index in [4.69, 9.17) is 5.11 Å². The van der Waals surface area contributed by atoms with E-state index in [2.05, 4.69) is 5.32 Å². The predicted molar refractivity (Wildman–Crippen MR) is 80.9 cm³/mol. The molecule has 2 rings (SSSR count). The summed E-state index contributed by atoms with van der Waals surface area (Å²) in [5.74, 6) is -3.49. The lowest BCUT2D eigenvalue weighted by Gasteiger charge is -2.15. The van der Waals surface area contributed by atoms with Gasteiger partial charge in [-0.15, -0.1) is 0 Å². The summed E-state index contributed by atoms with van der Waals surface area (Å²) in [6, 6.07) is 0.809. The Kier molecular flexibility index (Phi) is 4.65. The predicted octanol–water partition coefficient (Wildman–Crippen LogP) is 1.79. The standard InChI is InChI=1S/C15H16F2N2O4/c1-3-19-6-9(15(22)23)14(21)8-4-10(16)12(11(17)13(8)19)18-5-7(2)20/h4,6-7,18,20H,3,5H2,1-2H3,(H,22,23)/t7-/m1/s1. The molecule has 0 saturated carbocycles. The lowest BCUT2D eigenvalue weighted by atomic mass is 10.1.